The van der Waals surface area contributed by atoms with Crippen molar-refractivity contribution in [1.29, 1.82) is 0 Å². The zero-order valence-corrected chi connectivity index (χ0v) is 14.1. The molecule has 3 rings (SSSR count). The van der Waals surface area contributed by atoms with E-state index >= 15 is 0 Å². The van der Waals surface area contributed by atoms with E-state index in [9.17, 15) is 13.2 Å². The zero-order chi connectivity index (χ0) is 17.2. The third-order valence-corrected chi connectivity index (χ3v) is 5.43. The van der Waals surface area contributed by atoms with E-state index in [4.69, 9.17) is 4.74 Å². The fourth-order valence-electron chi connectivity index (χ4n) is 2.96. The summed E-state index contributed by atoms with van der Waals surface area (Å²) in [4.78, 5) is 13.0. The first kappa shape index (κ1) is 16.5. The Morgan fingerprint density at radius 2 is 1.71 bits per heavy atom. The minimum absolute atomic E-state index is 0.00728. The van der Waals surface area contributed by atoms with E-state index < -0.39 is 15.3 Å². The molecule has 24 heavy (non-hydrogen) atoms. The maximum Gasteiger partial charge on any atom is 0.175 e. The molecule has 0 amide bonds. The van der Waals surface area contributed by atoms with E-state index in [-0.39, 0.29) is 17.3 Å². The standard InChI is InChI=1S/C19H18O4S/c1-24(21,22)17-9-7-15(8-10-17)13-19(14-23-12-11-18(19)20)16-5-3-2-4-6-16/h2-12H,13-14H2,1H3. The fraction of sp³-hybridized carbons (Fsp3) is 0.211. The van der Waals surface area contributed by atoms with Crippen LogP contribution in [0, 0.1) is 0 Å². The lowest BCUT2D eigenvalue weighted by atomic mass is 9.72. The highest BCUT2D eigenvalue weighted by Gasteiger charge is 2.41. The molecule has 1 atom stereocenters. The topological polar surface area (TPSA) is 60.4 Å². The lowest BCUT2D eigenvalue weighted by molar-refractivity contribution is -0.123. The van der Waals surface area contributed by atoms with Crippen molar-refractivity contribution in [1.82, 2.24) is 0 Å². The van der Waals surface area contributed by atoms with Gasteiger partial charge in [-0.05, 0) is 29.7 Å². The second kappa shape index (κ2) is 6.24. The second-order valence-corrected chi connectivity index (χ2v) is 8.03. The molecule has 124 valence electrons. The molecule has 2 aromatic carbocycles. The van der Waals surface area contributed by atoms with E-state index in [1.165, 1.54) is 18.6 Å². The molecule has 1 heterocycles. The number of carbonyl (C=O) groups is 1. The molecule has 1 unspecified atom stereocenters. The quantitative estimate of drug-likeness (QED) is 0.857. The molecule has 2 aromatic rings. The van der Waals surface area contributed by atoms with Crippen molar-refractivity contribution < 1.29 is 17.9 Å². The SMILES string of the molecule is CS(=O)(=O)c1ccc(CC2(c3ccccc3)COC=CC2=O)cc1. The van der Waals surface area contributed by atoms with Crippen LogP contribution in [0.3, 0.4) is 0 Å². The molecule has 4 nitrogen and oxygen atoms in total. The first-order chi connectivity index (χ1) is 11.4. The van der Waals surface area contributed by atoms with Crippen LogP contribution in [-0.2, 0) is 31.2 Å². The molecule has 0 aliphatic carbocycles. The van der Waals surface area contributed by atoms with Gasteiger partial charge in [0, 0.05) is 12.3 Å². The van der Waals surface area contributed by atoms with Gasteiger partial charge < -0.3 is 4.74 Å². The van der Waals surface area contributed by atoms with Gasteiger partial charge in [0.05, 0.1) is 16.6 Å². The molecular weight excluding hydrogens is 324 g/mol. The van der Waals surface area contributed by atoms with Crippen LogP contribution in [0.2, 0.25) is 0 Å². The number of ether oxygens (including phenoxy) is 1. The number of hydrogen-bond acceptors (Lipinski definition) is 4. The predicted molar refractivity (Wildman–Crippen MR) is 91.5 cm³/mol. The van der Waals surface area contributed by atoms with Crippen molar-refractivity contribution in [2.45, 2.75) is 16.7 Å². The molecule has 0 saturated carbocycles. The minimum Gasteiger partial charge on any atom is -0.500 e. The number of benzene rings is 2. The van der Waals surface area contributed by atoms with E-state index in [0.29, 0.717) is 6.42 Å². The summed E-state index contributed by atoms with van der Waals surface area (Å²) in [6.07, 6.45) is 4.51. The molecule has 0 aromatic heterocycles. The number of carbonyl (C=O) groups excluding carboxylic acids is 1. The van der Waals surface area contributed by atoms with Crippen molar-refractivity contribution >= 4 is 15.6 Å². The van der Waals surface area contributed by atoms with Crippen LogP contribution in [0.25, 0.3) is 0 Å². The molecule has 0 saturated heterocycles. The van der Waals surface area contributed by atoms with Crippen LogP contribution < -0.4 is 0 Å². The smallest absolute Gasteiger partial charge is 0.175 e. The van der Waals surface area contributed by atoms with Crippen molar-refractivity contribution in [2.75, 3.05) is 12.9 Å². The van der Waals surface area contributed by atoms with Crippen LogP contribution in [0.1, 0.15) is 11.1 Å². The van der Waals surface area contributed by atoms with Gasteiger partial charge in [0.25, 0.3) is 0 Å². The maximum absolute atomic E-state index is 12.7. The van der Waals surface area contributed by atoms with Crippen LogP contribution in [-0.4, -0.2) is 27.1 Å². The Hall–Kier alpha value is -2.40. The molecule has 1 aliphatic rings. The molecule has 0 bridgehead atoms. The highest BCUT2D eigenvalue weighted by Crippen LogP contribution is 2.33. The third-order valence-electron chi connectivity index (χ3n) is 4.30. The van der Waals surface area contributed by atoms with Gasteiger partial charge in [0.1, 0.15) is 6.61 Å². The van der Waals surface area contributed by atoms with Crippen LogP contribution in [0.15, 0.2) is 71.8 Å². The fourth-order valence-corrected chi connectivity index (χ4v) is 3.59. The Morgan fingerprint density at radius 1 is 1.04 bits per heavy atom. The molecular formula is C19H18O4S. The summed E-state index contributed by atoms with van der Waals surface area (Å²) in [6, 6.07) is 16.2. The van der Waals surface area contributed by atoms with Gasteiger partial charge in [0.15, 0.2) is 15.6 Å². The Balaban J connectivity index is 1.99. The van der Waals surface area contributed by atoms with Crippen molar-refractivity contribution in [3.8, 4) is 0 Å². The summed E-state index contributed by atoms with van der Waals surface area (Å²) in [5.41, 5.74) is 0.993. The van der Waals surface area contributed by atoms with Crippen LogP contribution in [0.5, 0.6) is 0 Å². The van der Waals surface area contributed by atoms with Crippen molar-refractivity contribution in [3.05, 3.63) is 78.1 Å². The largest absolute Gasteiger partial charge is 0.500 e. The number of hydrogen-bond donors (Lipinski definition) is 0. The monoisotopic (exact) mass is 342 g/mol. The predicted octanol–water partition coefficient (Wildman–Crippen LogP) is 2.68. The van der Waals surface area contributed by atoms with Crippen molar-refractivity contribution in [2.24, 2.45) is 0 Å². The number of ketones is 1. The van der Waals surface area contributed by atoms with Gasteiger partial charge in [-0.3, -0.25) is 4.79 Å². The summed E-state index contributed by atoms with van der Waals surface area (Å²) in [5.74, 6) is -0.00728. The number of allylic oxidation sites excluding steroid dienone is 1. The first-order valence-electron chi connectivity index (χ1n) is 7.59. The highest BCUT2D eigenvalue weighted by atomic mass is 32.2. The Morgan fingerprint density at radius 3 is 2.29 bits per heavy atom. The normalized spacial score (nSPS) is 20.6. The molecule has 0 radical (unpaired) electrons. The van der Waals surface area contributed by atoms with Crippen LogP contribution >= 0.6 is 0 Å². The van der Waals surface area contributed by atoms with E-state index in [2.05, 4.69) is 0 Å². The van der Waals surface area contributed by atoms with Gasteiger partial charge >= 0.3 is 0 Å². The third kappa shape index (κ3) is 3.12. The highest BCUT2D eigenvalue weighted by molar-refractivity contribution is 7.90. The number of rotatable bonds is 4. The minimum atomic E-state index is -3.23. The van der Waals surface area contributed by atoms with E-state index in [0.717, 1.165) is 11.1 Å². The molecule has 1 aliphatic heterocycles. The Labute approximate surface area is 141 Å². The van der Waals surface area contributed by atoms with Gasteiger partial charge in [-0.2, -0.15) is 0 Å². The first-order valence-corrected chi connectivity index (χ1v) is 9.48. The van der Waals surface area contributed by atoms with Crippen LogP contribution in [0.4, 0.5) is 0 Å². The Bertz CT molecular complexity index is 867. The molecule has 0 spiro atoms. The maximum atomic E-state index is 12.7. The second-order valence-electron chi connectivity index (χ2n) is 6.02. The summed E-state index contributed by atoms with van der Waals surface area (Å²) in [6.45, 7) is 0.264. The lowest BCUT2D eigenvalue weighted by Crippen LogP contribution is -2.43. The van der Waals surface area contributed by atoms with Gasteiger partial charge in [0.2, 0.25) is 0 Å². The van der Waals surface area contributed by atoms with Gasteiger partial charge in [-0.25, -0.2) is 8.42 Å². The van der Waals surface area contributed by atoms with Crippen molar-refractivity contribution in [3.63, 3.8) is 0 Å². The summed E-state index contributed by atoms with van der Waals surface area (Å²) in [7, 11) is -3.23. The lowest BCUT2D eigenvalue weighted by Gasteiger charge is -2.33. The summed E-state index contributed by atoms with van der Waals surface area (Å²) < 4.78 is 28.6. The average Bonchev–Trinajstić information content (AvgIpc) is 2.57. The van der Waals surface area contributed by atoms with Gasteiger partial charge in [-0.1, -0.05) is 42.5 Å². The Kier molecular flexibility index (Phi) is 4.28. The average molecular weight is 342 g/mol. The summed E-state index contributed by atoms with van der Waals surface area (Å²) >= 11 is 0. The summed E-state index contributed by atoms with van der Waals surface area (Å²) in [5, 5.41) is 0. The molecule has 0 N–H and O–H groups in total. The van der Waals surface area contributed by atoms with E-state index in [1.807, 2.05) is 30.3 Å². The number of sulfone groups is 1. The molecule has 0 fully saturated rings. The molecule has 5 heteroatoms. The van der Waals surface area contributed by atoms with Gasteiger partial charge in [-0.15, -0.1) is 0 Å². The zero-order valence-electron chi connectivity index (χ0n) is 13.3. The van der Waals surface area contributed by atoms with E-state index in [1.54, 1.807) is 24.3 Å².